The molecule has 1 aliphatic heterocycles. The first kappa shape index (κ1) is 25.7. The van der Waals surface area contributed by atoms with Crippen molar-refractivity contribution in [3.63, 3.8) is 0 Å². The van der Waals surface area contributed by atoms with Crippen LogP contribution in [0.2, 0.25) is 0 Å². The molecule has 0 amide bonds. The highest BCUT2D eigenvalue weighted by atomic mass is 19.1. The van der Waals surface area contributed by atoms with E-state index in [0.717, 1.165) is 23.2 Å². The zero-order valence-electron chi connectivity index (χ0n) is 21.4. The number of rotatable bonds is 6. The van der Waals surface area contributed by atoms with Gasteiger partial charge in [-0.15, -0.1) is 0 Å². The molecule has 1 unspecified atom stereocenters. The van der Waals surface area contributed by atoms with Gasteiger partial charge in [-0.3, -0.25) is 4.98 Å². The molecule has 4 aromatic heterocycles. The summed E-state index contributed by atoms with van der Waals surface area (Å²) < 4.78 is 42.8. The number of nitrogens with zero attached hydrogens (tertiary/aromatic N) is 7. The van der Waals surface area contributed by atoms with Crippen LogP contribution in [0, 0.1) is 11.6 Å². The predicted molar refractivity (Wildman–Crippen MR) is 145 cm³/mol. The number of benzene rings is 1. The summed E-state index contributed by atoms with van der Waals surface area (Å²) in [5.74, 6) is -0.739. The Morgan fingerprint density at radius 3 is 2.62 bits per heavy atom. The predicted octanol–water partition coefficient (Wildman–Crippen LogP) is 4.12. The van der Waals surface area contributed by atoms with Gasteiger partial charge in [-0.1, -0.05) is 0 Å². The van der Waals surface area contributed by atoms with Crippen molar-refractivity contribution < 1.29 is 13.2 Å². The molecule has 6 rings (SSSR count). The molecule has 5 heterocycles. The molecule has 1 aliphatic rings. The first-order valence-electron chi connectivity index (χ1n) is 12.8. The molecule has 0 spiro atoms. The van der Waals surface area contributed by atoms with Gasteiger partial charge in [-0.2, -0.15) is 0 Å². The van der Waals surface area contributed by atoms with Gasteiger partial charge in [0.25, 0.3) is 0 Å². The van der Waals surface area contributed by atoms with Gasteiger partial charge in [0, 0.05) is 18.7 Å². The number of piperidine rings is 1. The number of nitrogen functional groups attached to an aromatic ring is 1. The number of halogens is 3. The van der Waals surface area contributed by atoms with Crippen LogP contribution in [0.5, 0.6) is 0 Å². The van der Waals surface area contributed by atoms with Crippen LogP contribution in [0.25, 0.3) is 22.4 Å². The fraction of sp³-hybridized carbons (Fsp3) is 0.250. The molecule has 40 heavy (non-hydrogen) atoms. The van der Waals surface area contributed by atoms with E-state index >= 15 is 0 Å². The summed E-state index contributed by atoms with van der Waals surface area (Å²) >= 11 is 0. The van der Waals surface area contributed by atoms with E-state index in [1.807, 2.05) is 10.6 Å². The number of hydrogen-bond acceptors (Lipinski definition) is 8. The van der Waals surface area contributed by atoms with E-state index < -0.39 is 18.0 Å². The SMILES string of the molecule is Nc1ncnc2c1ncn2Cc1cc(-c2ccc(F)cc2)ncc1N1CCCC(N)(c2ccc(F)c(CF)n2)C1. The van der Waals surface area contributed by atoms with E-state index in [1.54, 1.807) is 24.7 Å². The molecular weight excluding hydrogens is 519 g/mol. The third-order valence-corrected chi connectivity index (χ3v) is 7.30. The maximum Gasteiger partial charge on any atom is 0.165 e. The lowest BCUT2D eigenvalue weighted by atomic mass is 9.86. The number of imidazole rings is 1. The zero-order chi connectivity index (χ0) is 27.9. The number of fused-ring (bicyclic) bond motifs is 1. The highest BCUT2D eigenvalue weighted by Gasteiger charge is 2.36. The van der Waals surface area contributed by atoms with Crippen molar-refractivity contribution in [3.8, 4) is 11.3 Å². The van der Waals surface area contributed by atoms with Gasteiger partial charge < -0.3 is 20.9 Å². The normalized spacial score (nSPS) is 17.4. The number of nitrogens with two attached hydrogens (primary N) is 2. The third-order valence-electron chi connectivity index (χ3n) is 7.30. The smallest absolute Gasteiger partial charge is 0.165 e. The summed E-state index contributed by atoms with van der Waals surface area (Å²) in [5, 5.41) is 0. The number of anilines is 2. The average molecular weight is 546 g/mol. The Balaban J connectivity index is 1.40. The lowest BCUT2D eigenvalue weighted by Crippen LogP contribution is -2.52. The Morgan fingerprint density at radius 1 is 1.00 bits per heavy atom. The van der Waals surface area contributed by atoms with E-state index in [2.05, 4.69) is 29.8 Å². The molecule has 1 aromatic carbocycles. The highest BCUT2D eigenvalue weighted by Crippen LogP contribution is 2.34. The molecule has 0 saturated carbocycles. The Kier molecular flexibility index (Phi) is 6.54. The minimum atomic E-state index is -1.01. The largest absolute Gasteiger partial charge is 0.382 e. The first-order valence-corrected chi connectivity index (χ1v) is 12.8. The van der Waals surface area contributed by atoms with Gasteiger partial charge >= 0.3 is 0 Å². The summed E-state index contributed by atoms with van der Waals surface area (Å²) in [4.78, 5) is 23.8. The van der Waals surface area contributed by atoms with Crippen molar-refractivity contribution >= 4 is 22.7 Å². The van der Waals surface area contributed by atoms with E-state index in [4.69, 9.17) is 11.5 Å². The second-order valence-electron chi connectivity index (χ2n) is 9.95. The van der Waals surface area contributed by atoms with Gasteiger partial charge in [-0.25, -0.2) is 33.1 Å². The molecule has 4 N–H and O–H groups in total. The molecule has 0 bridgehead atoms. The van der Waals surface area contributed by atoms with Gasteiger partial charge in [-0.05, 0) is 60.9 Å². The first-order chi connectivity index (χ1) is 19.3. The maximum atomic E-state index is 14.0. The molecule has 1 fully saturated rings. The van der Waals surface area contributed by atoms with Crippen LogP contribution >= 0.6 is 0 Å². The fourth-order valence-electron chi connectivity index (χ4n) is 5.23. The molecule has 12 heteroatoms. The quantitative estimate of drug-likeness (QED) is 0.327. The molecule has 9 nitrogen and oxygen atoms in total. The molecule has 1 saturated heterocycles. The van der Waals surface area contributed by atoms with Gasteiger partial charge in [0.2, 0.25) is 0 Å². The van der Waals surface area contributed by atoms with Crippen molar-refractivity contribution in [1.29, 1.82) is 0 Å². The Hall–Kier alpha value is -4.58. The summed E-state index contributed by atoms with van der Waals surface area (Å²) in [5.41, 5.74) is 16.3. The summed E-state index contributed by atoms with van der Waals surface area (Å²) in [6.45, 7) is 0.432. The van der Waals surface area contributed by atoms with Crippen LogP contribution in [0.15, 0.2) is 61.3 Å². The van der Waals surface area contributed by atoms with Crippen LogP contribution in [0.3, 0.4) is 0 Å². The molecule has 204 valence electrons. The maximum absolute atomic E-state index is 14.0. The van der Waals surface area contributed by atoms with Crippen molar-refractivity contribution in [2.24, 2.45) is 5.73 Å². The van der Waals surface area contributed by atoms with E-state index in [9.17, 15) is 13.2 Å². The number of aromatic nitrogens is 6. The number of hydrogen-bond donors (Lipinski definition) is 2. The van der Waals surface area contributed by atoms with E-state index in [1.165, 1.54) is 30.6 Å². The third kappa shape index (κ3) is 4.70. The Morgan fingerprint density at radius 2 is 1.82 bits per heavy atom. The Labute approximate surface area is 227 Å². The van der Waals surface area contributed by atoms with Gasteiger partial charge in [0.15, 0.2) is 11.5 Å². The van der Waals surface area contributed by atoms with Crippen molar-refractivity contribution in [1.82, 2.24) is 29.5 Å². The molecule has 5 aromatic rings. The molecular formula is C28H26F3N9. The molecule has 0 radical (unpaired) electrons. The summed E-state index contributed by atoms with van der Waals surface area (Å²) in [6, 6.07) is 10.8. The minimum absolute atomic E-state index is 0.251. The van der Waals surface area contributed by atoms with Crippen LogP contribution in [-0.4, -0.2) is 42.6 Å². The standard InChI is InChI=1S/C28H26F3N9/c29-11-22-20(31)6-7-24(38-22)28(33)8-1-9-39(14-28)23-12-34-21(17-2-4-19(30)5-3-17)10-18(23)13-40-16-37-25-26(32)35-15-36-27(25)40/h2-7,10,12,15-16H,1,8-9,11,13-14,33H2,(H2,32,35,36). The van der Waals surface area contributed by atoms with Crippen molar-refractivity contribution in [3.05, 3.63) is 89.9 Å². The molecule has 0 aliphatic carbocycles. The summed E-state index contributed by atoms with van der Waals surface area (Å²) in [6.07, 6.45) is 6.15. The average Bonchev–Trinajstić information content (AvgIpc) is 3.37. The lowest BCUT2D eigenvalue weighted by molar-refractivity contribution is 0.341. The van der Waals surface area contributed by atoms with Crippen LogP contribution in [-0.2, 0) is 18.8 Å². The summed E-state index contributed by atoms with van der Waals surface area (Å²) in [7, 11) is 0. The Bertz CT molecular complexity index is 1690. The lowest BCUT2D eigenvalue weighted by Gasteiger charge is -2.41. The van der Waals surface area contributed by atoms with Crippen molar-refractivity contribution in [2.45, 2.75) is 31.6 Å². The van der Waals surface area contributed by atoms with Gasteiger partial charge in [0.05, 0.1) is 41.7 Å². The zero-order valence-corrected chi connectivity index (χ0v) is 21.4. The van der Waals surface area contributed by atoms with E-state index in [-0.39, 0.29) is 17.3 Å². The second kappa shape index (κ2) is 10.2. The number of pyridine rings is 2. The fourth-order valence-corrected chi connectivity index (χ4v) is 5.23. The number of alkyl halides is 1. The van der Waals surface area contributed by atoms with Crippen LogP contribution in [0.4, 0.5) is 24.7 Å². The molecule has 1 atom stereocenters. The van der Waals surface area contributed by atoms with Crippen LogP contribution < -0.4 is 16.4 Å². The van der Waals surface area contributed by atoms with Gasteiger partial charge in [0.1, 0.15) is 35.8 Å². The highest BCUT2D eigenvalue weighted by molar-refractivity contribution is 5.81. The second-order valence-corrected chi connectivity index (χ2v) is 9.95. The van der Waals surface area contributed by atoms with Crippen LogP contribution in [0.1, 0.15) is 29.8 Å². The minimum Gasteiger partial charge on any atom is -0.382 e. The monoisotopic (exact) mass is 545 g/mol. The van der Waals surface area contributed by atoms with E-state index in [0.29, 0.717) is 48.6 Å². The topological polar surface area (TPSA) is 125 Å². The van der Waals surface area contributed by atoms with Crippen molar-refractivity contribution in [2.75, 3.05) is 23.7 Å².